The summed E-state index contributed by atoms with van der Waals surface area (Å²) in [5.74, 6) is -1.04. The molecular formula is C17H14FN3O3. The molecule has 3 rings (SSSR count). The van der Waals surface area contributed by atoms with Gasteiger partial charge in [0.15, 0.2) is 0 Å². The molecule has 0 atom stereocenters. The van der Waals surface area contributed by atoms with E-state index >= 15 is 0 Å². The molecule has 3 aromatic rings. The first kappa shape index (κ1) is 15.7. The maximum atomic E-state index is 13.2. The van der Waals surface area contributed by atoms with Gasteiger partial charge in [-0.1, -0.05) is 18.2 Å². The van der Waals surface area contributed by atoms with E-state index in [2.05, 4.69) is 14.7 Å². The van der Waals surface area contributed by atoms with Gasteiger partial charge in [-0.3, -0.25) is 9.36 Å². The molecule has 1 N–H and O–H groups in total. The quantitative estimate of drug-likeness (QED) is 0.798. The summed E-state index contributed by atoms with van der Waals surface area (Å²) in [6.07, 6.45) is 3.24. The van der Waals surface area contributed by atoms with Crippen LogP contribution in [-0.4, -0.2) is 15.5 Å². The minimum Gasteiger partial charge on any atom is -0.415 e. The van der Waals surface area contributed by atoms with Crippen molar-refractivity contribution < 1.29 is 13.6 Å². The Morgan fingerprint density at radius 1 is 1.29 bits per heavy atom. The second-order valence-corrected chi connectivity index (χ2v) is 5.26. The van der Waals surface area contributed by atoms with E-state index in [1.807, 2.05) is 6.07 Å². The third kappa shape index (κ3) is 3.40. The number of benzene rings is 1. The van der Waals surface area contributed by atoms with Gasteiger partial charge in [-0.2, -0.15) is 0 Å². The van der Waals surface area contributed by atoms with E-state index in [9.17, 15) is 14.0 Å². The van der Waals surface area contributed by atoms with Crippen LogP contribution in [0, 0.1) is 5.82 Å². The molecule has 7 heteroatoms. The fraction of sp³-hybridized carbons (Fsp3) is 0.118. The molecule has 0 saturated heterocycles. The Morgan fingerprint density at radius 2 is 2.12 bits per heavy atom. The zero-order chi connectivity index (χ0) is 17.1. The van der Waals surface area contributed by atoms with Gasteiger partial charge in [0.05, 0.1) is 0 Å². The van der Waals surface area contributed by atoms with Gasteiger partial charge in [0, 0.05) is 13.2 Å². The maximum absolute atomic E-state index is 13.2. The van der Waals surface area contributed by atoms with E-state index < -0.39 is 11.7 Å². The minimum atomic E-state index is -0.612. The molecule has 122 valence electrons. The number of anilines is 1. The van der Waals surface area contributed by atoms with Crippen LogP contribution in [-0.2, 0) is 13.5 Å². The molecule has 0 aliphatic rings. The minimum absolute atomic E-state index is 0.102. The van der Waals surface area contributed by atoms with E-state index in [0.717, 1.165) is 22.0 Å². The lowest BCUT2D eigenvalue weighted by molar-refractivity contribution is 0.101. The third-order valence-corrected chi connectivity index (χ3v) is 3.50. The van der Waals surface area contributed by atoms with Crippen molar-refractivity contribution in [3.05, 3.63) is 82.0 Å². The normalized spacial score (nSPS) is 10.6. The Hall–Kier alpha value is -3.22. The summed E-state index contributed by atoms with van der Waals surface area (Å²) < 4.78 is 18.9. The summed E-state index contributed by atoms with van der Waals surface area (Å²) >= 11 is 0. The number of hydrogen-bond acceptors (Lipinski definition) is 4. The van der Waals surface area contributed by atoms with Crippen LogP contribution in [0.25, 0.3) is 0 Å². The molecular weight excluding hydrogens is 313 g/mol. The smallest absolute Gasteiger partial charge is 0.415 e. The molecule has 6 nitrogen and oxygen atoms in total. The molecule has 0 aliphatic carbocycles. The Kier molecular flexibility index (Phi) is 4.24. The number of halogens is 1. The summed E-state index contributed by atoms with van der Waals surface area (Å²) in [5.41, 5.74) is 1.82. The highest BCUT2D eigenvalue weighted by atomic mass is 19.1. The van der Waals surface area contributed by atoms with Crippen LogP contribution in [0.1, 0.15) is 21.6 Å². The number of hydrogen-bond donors (Lipinski definition) is 1. The average Bonchev–Trinajstić information content (AvgIpc) is 2.89. The molecule has 0 fully saturated rings. The monoisotopic (exact) mass is 327 g/mol. The van der Waals surface area contributed by atoms with Gasteiger partial charge < -0.3 is 9.73 Å². The van der Waals surface area contributed by atoms with Crippen molar-refractivity contribution >= 4 is 11.7 Å². The fourth-order valence-corrected chi connectivity index (χ4v) is 2.23. The first-order valence-electron chi connectivity index (χ1n) is 7.18. The molecule has 0 radical (unpaired) electrons. The van der Waals surface area contributed by atoms with Gasteiger partial charge >= 0.3 is 5.76 Å². The number of rotatable bonds is 4. The first-order chi connectivity index (χ1) is 11.5. The second kappa shape index (κ2) is 6.49. The van der Waals surface area contributed by atoms with Gasteiger partial charge in [-0.05, 0) is 35.7 Å². The Balaban J connectivity index is 1.69. The van der Waals surface area contributed by atoms with Gasteiger partial charge in [-0.15, -0.1) is 0 Å². The number of aromatic nitrogens is 2. The Bertz CT molecular complexity index is 929. The highest BCUT2D eigenvalue weighted by Gasteiger charge is 2.14. The van der Waals surface area contributed by atoms with Crippen molar-refractivity contribution in [2.24, 2.45) is 7.05 Å². The van der Waals surface area contributed by atoms with Crippen molar-refractivity contribution in [1.29, 1.82) is 0 Å². The highest BCUT2D eigenvalue weighted by molar-refractivity contribution is 6.02. The molecule has 2 aromatic heterocycles. The third-order valence-electron chi connectivity index (χ3n) is 3.50. The summed E-state index contributed by atoms with van der Waals surface area (Å²) in [7, 11) is 1.44. The molecule has 1 aromatic carbocycles. The van der Waals surface area contributed by atoms with Crippen LogP contribution in [0.15, 0.2) is 58.1 Å². The average molecular weight is 327 g/mol. The summed E-state index contributed by atoms with van der Waals surface area (Å²) in [4.78, 5) is 27.4. The van der Waals surface area contributed by atoms with E-state index in [1.54, 1.807) is 24.4 Å². The van der Waals surface area contributed by atoms with E-state index in [-0.39, 0.29) is 11.5 Å². The van der Waals surface area contributed by atoms with Gasteiger partial charge in [0.25, 0.3) is 5.91 Å². The SMILES string of the molecule is Cn1c(C(=O)Nc2ccc(Cc3cccc(F)c3)cn2)coc1=O. The van der Waals surface area contributed by atoms with Crippen LogP contribution in [0.3, 0.4) is 0 Å². The highest BCUT2D eigenvalue weighted by Crippen LogP contribution is 2.12. The van der Waals surface area contributed by atoms with Crippen molar-refractivity contribution in [3.63, 3.8) is 0 Å². The zero-order valence-corrected chi connectivity index (χ0v) is 12.8. The summed E-state index contributed by atoms with van der Waals surface area (Å²) in [6.45, 7) is 0. The lowest BCUT2D eigenvalue weighted by Gasteiger charge is -2.06. The number of amides is 1. The number of nitrogens with zero attached hydrogens (tertiary/aromatic N) is 2. The molecule has 2 heterocycles. The van der Waals surface area contributed by atoms with Crippen LogP contribution in [0.4, 0.5) is 10.2 Å². The summed E-state index contributed by atoms with van der Waals surface area (Å²) in [5, 5.41) is 2.58. The van der Waals surface area contributed by atoms with Crippen molar-refractivity contribution in [3.8, 4) is 0 Å². The number of pyridine rings is 1. The lowest BCUT2D eigenvalue weighted by Crippen LogP contribution is -2.20. The van der Waals surface area contributed by atoms with Crippen LogP contribution in [0.2, 0.25) is 0 Å². The second-order valence-electron chi connectivity index (χ2n) is 5.26. The zero-order valence-electron chi connectivity index (χ0n) is 12.8. The largest absolute Gasteiger partial charge is 0.419 e. The lowest BCUT2D eigenvalue weighted by atomic mass is 10.1. The predicted octanol–water partition coefficient (Wildman–Crippen LogP) is 2.36. The standard InChI is InChI=1S/C17H14FN3O3/c1-21-14(10-24-17(21)23)16(22)20-15-6-5-12(9-19-15)7-11-3-2-4-13(18)8-11/h2-6,8-10H,7H2,1H3,(H,19,20,22). The predicted molar refractivity (Wildman–Crippen MR) is 85.3 cm³/mol. The molecule has 0 saturated carbocycles. The molecule has 0 bridgehead atoms. The first-order valence-corrected chi connectivity index (χ1v) is 7.18. The molecule has 0 aliphatic heterocycles. The number of carbonyl (C=O) groups is 1. The Labute approximate surface area is 136 Å². The van der Waals surface area contributed by atoms with Gasteiger partial charge in [0.2, 0.25) is 0 Å². The fourth-order valence-electron chi connectivity index (χ4n) is 2.23. The van der Waals surface area contributed by atoms with Gasteiger partial charge in [-0.25, -0.2) is 14.2 Å². The van der Waals surface area contributed by atoms with Crippen LogP contribution < -0.4 is 11.1 Å². The van der Waals surface area contributed by atoms with E-state index in [1.165, 1.54) is 19.2 Å². The van der Waals surface area contributed by atoms with Crippen LogP contribution in [0.5, 0.6) is 0 Å². The van der Waals surface area contributed by atoms with Crippen LogP contribution >= 0.6 is 0 Å². The van der Waals surface area contributed by atoms with E-state index in [0.29, 0.717) is 12.2 Å². The van der Waals surface area contributed by atoms with Gasteiger partial charge in [0.1, 0.15) is 23.6 Å². The van der Waals surface area contributed by atoms with E-state index in [4.69, 9.17) is 0 Å². The molecule has 0 spiro atoms. The number of nitrogens with one attached hydrogen (secondary N) is 1. The topological polar surface area (TPSA) is 77.1 Å². The van der Waals surface area contributed by atoms with Crippen molar-refractivity contribution in [1.82, 2.24) is 9.55 Å². The van der Waals surface area contributed by atoms with Crippen molar-refractivity contribution in [2.45, 2.75) is 6.42 Å². The van der Waals surface area contributed by atoms with Crippen molar-refractivity contribution in [2.75, 3.05) is 5.32 Å². The molecule has 24 heavy (non-hydrogen) atoms. The molecule has 1 amide bonds. The summed E-state index contributed by atoms with van der Waals surface area (Å²) in [6, 6.07) is 9.78. The maximum Gasteiger partial charge on any atom is 0.419 e. The number of oxazole rings is 1. The number of carbonyl (C=O) groups excluding carboxylic acids is 1. The molecule has 0 unspecified atom stereocenters. The Morgan fingerprint density at radius 3 is 2.75 bits per heavy atom.